The summed E-state index contributed by atoms with van der Waals surface area (Å²) in [6.07, 6.45) is 1.22. The van der Waals surface area contributed by atoms with Crippen LogP contribution in [0.4, 0.5) is 11.5 Å². The molecule has 0 fully saturated rings. The van der Waals surface area contributed by atoms with Crippen LogP contribution in [0.1, 0.15) is 27.8 Å². The number of pyridine rings is 1. The molecule has 3 heterocycles. The van der Waals surface area contributed by atoms with Crippen molar-refractivity contribution in [3.63, 3.8) is 0 Å². The predicted molar refractivity (Wildman–Crippen MR) is 124 cm³/mol. The fourth-order valence-electron chi connectivity index (χ4n) is 4.03. The van der Waals surface area contributed by atoms with E-state index in [0.717, 1.165) is 5.56 Å². The molecule has 0 bridgehead atoms. The smallest absolute Gasteiger partial charge is 0.272 e. The maximum absolute atomic E-state index is 12.7. The first-order valence-electron chi connectivity index (χ1n) is 10.4. The first kappa shape index (κ1) is 20.4. The minimum Gasteiger partial charge on any atom is -0.335 e. The molecule has 33 heavy (non-hydrogen) atoms. The number of fused-ring (bicyclic) bond motifs is 2. The van der Waals surface area contributed by atoms with E-state index in [4.69, 9.17) is 0 Å². The zero-order valence-corrected chi connectivity index (χ0v) is 17.7. The molecule has 0 saturated carbocycles. The molecule has 2 aromatic heterocycles. The van der Waals surface area contributed by atoms with Gasteiger partial charge in [-0.1, -0.05) is 30.3 Å². The van der Waals surface area contributed by atoms with E-state index in [1.54, 1.807) is 48.7 Å². The quantitative estimate of drug-likeness (QED) is 0.448. The highest BCUT2D eigenvalue weighted by atomic mass is 16.2. The molecule has 9 nitrogen and oxygen atoms in total. The van der Waals surface area contributed by atoms with E-state index >= 15 is 0 Å². The van der Waals surface area contributed by atoms with Crippen molar-refractivity contribution in [1.29, 1.82) is 0 Å². The molecule has 1 unspecified atom stereocenters. The number of rotatable bonds is 4. The number of H-pyrrole nitrogens is 1. The summed E-state index contributed by atoms with van der Waals surface area (Å²) in [6, 6.07) is 17.8. The molecule has 0 aliphatic carbocycles. The molecule has 0 spiro atoms. The number of hydrogen-bond donors (Lipinski definition) is 3. The Kier molecular flexibility index (Phi) is 5.06. The second-order valence-corrected chi connectivity index (χ2v) is 7.76. The van der Waals surface area contributed by atoms with E-state index in [9.17, 15) is 14.4 Å². The topological polar surface area (TPSA) is 120 Å². The minimum atomic E-state index is -0.429. The van der Waals surface area contributed by atoms with Crippen LogP contribution in [0.25, 0.3) is 10.8 Å². The maximum atomic E-state index is 12.7. The van der Waals surface area contributed by atoms with Crippen LogP contribution in [0.5, 0.6) is 0 Å². The third-order valence-electron chi connectivity index (χ3n) is 5.61. The second kappa shape index (κ2) is 8.19. The van der Waals surface area contributed by atoms with Crippen molar-refractivity contribution in [2.75, 3.05) is 17.3 Å². The summed E-state index contributed by atoms with van der Waals surface area (Å²) in [6.45, 7) is 0. The van der Waals surface area contributed by atoms with Crippen LogP contribution in [0.3, 0.4) is 0 Å². The summed E-state index contributed by atoms with van der Waals surface area (Å²) < 4.78 is 0. The fourth-order valence-corrected chi connectivity index (χ4v) is 4.03. The Hall–Kier alpha value is -4.53. The van der Waals surface area contributed by atoms with Crippen LogP contribution >= 0.6 is 0 Å². The van der Waals surface area contributed by atoms with Crippen molar-refractivity contribution < 1.29 is 9.59 Å². The predicted octanol–water partition coefficient (Wildman–Crippen LogP) is 2.38. The third kappa shape index (κ3) is 3.80. The molecule has 4 aromatic rings. The van der Waals surface area contributed by atoms with Gasteiger partial charge in [-0.2, -0.15) is 5.10 Å². The van der Waals surface area contributed by atoms with Crippen molar-refractivity contribution in [2.45, 2.75) is 12.6 Å². The number of nitrogens with one attached hydrogen (secondary N) is 3. The Labute approximate surface area is 188 Å². The molecule has 9 heteroatoms. The zero-order valence-electron chi connectivity index (χ0n) is 17.7. The number of hydrogen-bond acceptors (Lipinski definition) is 6. The van der Waals surface area contributed by atoms with Gasteiger partial charge in [-0.3, -0.25) is 14.4 Å². The highest BCUT2D eigenvalue weighted by Crippen LogP contribution is 2.30. The lowest BCUT2D eigenvalue weighted by atomic mass is 10.1. The molecule has 1 aliphatic rings. The van der Waals surface area contributed by atoms with Crippen LogP contribution in [0.15, 0.2) is 71.7 Å². The van der Waals surface area contributed by atoms with Gasteiger partial charge in [0.25, 0.3) is 11.5 Å². The summed E-state index contributed by atoms with van der Waals surface area (Å²) in [4.78, 5) is 43.5. The lowest BCUT2D eigenvalue weighted by Gasteiger charge is -2.35. The first-order valence-corrected chi connectivity index (χ1v) is 10.4. The summed E-state index contributed by atoms with van der Waals surface area (Å²) in [5, 5.41) is 13.5. The van der Waals surface area contributed by atoms with Gasteiger partial charge in [0.05, 0.1) is 23.1 Å². The summed E-state index contributed by atoms with van der Waals surface area (Å²) >= 11 is 0. The molecule has 1 aliphatic heterocycles. The van der Waals surface area contributed by atoms with Gasteiger partial charge in [0, 0.05) is 24.3 Å². The Bertz CT molecular complexity index is 1450. The standard InChI is InChI=1S/C24H20N6O3/c1-30-21(27-23(32)18-10-5-11-25-22(18)30)14-6-4-7-15(12-14)26-20(31)13-19-16-8-2-3-9-17(16)24(33)29-28-19/h2-12,21H,13H2,1H3,(H,26,31)(H,27,32)(H,29,33). The molecule has 0 saturated heterocycles. The van der Waals surface area contributed by atoms with Gasteiger partial charge in [0.2, 0.25) is 5.91 Å². The van der Waals surface area contributed by atoms with Gasteiger partial charge >= 0.3 is 0 Å². The molecule has 2 aromatic carbocycles. The average Bonchev–Trinajstić information content (AvgIpc) is 2.83. The molecular formula is C24H20N6O3. The monoisotopic (exact) mass is 440 g/mol. The Balaban J connectivity index is 1.37. The largest absolute Gasteiger partial charge is 0.335 e. The van der Waals surface area contributed by atoms with Gasteiger partial charge in [0.1, 0.15) is 12.0 Å². The number of anilines is 2. The van der Waals surface area contributed by atoms with Crippen molar-refractivity contribution in [3.05, 3.63) is 94.0 Å². The average molecular weight is 440 g/mol. The fraction of sp³-hybridized carbons (Fsp3) is 0.125. The van der Waals surface area contributed by atoms with Gasteiger partial charge < -0.3 is 15.5 Å². The molecule has 5 rings (SSSR count). The SMILES string of the molecule is CN1c2ncccc2C(=O)NC1c1cccc(NC(=O)Cc2n[nH]c(=O)c3ccccc23)c1. The molecule has 0 radical (unpaired) electrons. The number of benzene rings is 2. The Morgan fingerprint density at radius 1 is 1.06 bits per heavy atom. The summed E-state index contributed by atoms with van der Waals surface area (Å²) in [7, 11) is 1.86. The molecular weight excluding hydrogens is 420 g/mol. The number of aromatic amines is 1. The number of nitrogens with zero attached hydrogens (tertiary/aromatic N) is 3. The normalized spacial score (nSPS) is 15.1. The molecule has 1 atom stereocenters. The highest BCUT2D eigenvalue weighted by Gasteiger charge is 2.30. The van der Waals surface area contributed by atoms with Crippen molar-refractivity contribution >= 4 is 34.1 Å². The van der Waals surface area contributed by atoms with E-state index in [-0.39, 0.29) is 23.8 Å². The van der Waals surface area contributed by atoms with E-state index < -0.39 is 6.17 Å². The van der Waals surface area contributed by atoms with Crippen LogP contribution in [0.2, 0.25) is 0 Å². The van der Waals surface area contributed by atoms with Gasteiger partial charge in [-0.15, -0.1) is 0 Å². The van der Waals surface area contributed by atoms with Crippen LogP contribution < -0.4 is 21.1 Å². The van der Waals surface area contributed by atoms with Crippen molar-refractivity contribution in [2.24, 2.45) is 0 Å². The zero-order chi connectivity index (χ0) is 22.9. The van der Waals surface area contributed by atoms with Crippen molar-refractivity contribution in [1.82, 2.24) is 20.5 Å². The number of carbonyl (C=O) groups excluding carboxylic acids is 2. The van der Waals surface area contributed by atoms with Crippen LogP contribution in [-0.4, -0.2) is 34.0 Å². The first-order chi connectivity index (χ1) is 16.0. The Morgan fingerprint density at radius 2 is 1.88 bits per heavy atom. The van der Waals surface area contributed by atoms with Gasteiger partial charge in [-0.25, -0.2) is 10.1 Å². The van der Waals surface area contributed by atoms with E-state index in [1.807, 2.05) is 30.1 Å². The van der Waals surface area contributed by atoms with Gasteiger partial charge in [-0.05, 0) is 35.9 Å². The maximum Gasteiger partial charge on any atom is 0.272 e. The van der Waals surface area contributed by atoms with Crippen molar-refractivity contribution in [3.8, 4) is 0 Å². The van der Waals surface area contributed by atoms with E-state index in [1.165, 1.54) is 0 Å². The van der Waals surface area contributed by atoms with E-state index in [0.29, 0.717) is 33.5 Å². The number of amides is 2. The molecule has 3 N–H and O–H groups in total. The minimum absolute atomic E-state index is 0.00111. The molecule has 164 valence electrons. The highest BCUT2D eigenvalue weighted by molar-refractivity contribution is 6.01. The van der Waals surface area contributed by atoms with Crippen LogP contribution in [-0.2, 0) is 11.2 Å². The molecule has 2 amide bonds. The number of carbonyl (C=O) groups is 2. The summed E-state index contributed by atoms with van der Waals surface area (Å²) in [5.74, 6) is 0.119. The lowest BCUT2D eigenvalue weighted by Crippen LogP contribution is -2.45. The Morgan fingerprint density at radius 3 is 2.73 bits per heavy atom. The van der Waals surface area contributed by atoms with Crippen LogP contribution in [0, 0.1) is 0 Å². The number of aromatic nitrogens is 3. The van der Waals surface area contributed by atoms with E-state index in [2.05, 4.69) is 25.8 Å². The second-order valence-electron chi connectivity index (χ2n) is 7.76. The third-order valence-corrected chi connectivity index (χ3v) is 5.61. The van der Waals surface area contributed by atoms with Gasteiger partial charge in [0.15, 0.2) is 0 Å². The lowest BCUT2D eigenvalue weighted by molar-refractivity contribution is -0.115. The summed E-state index contributed by atoms with van der Waals surface area (Å²) in [5.41, 5.74) is 2.09.